The highest BCUT2D eigenvalue weighted by atomic mass is 32.2. The standard InChI is InChI=1S/C15H21N3O2S/c1-3-18-9-12(2)15(10-18)17-21(19,20)11-14-6-4-5-13(7-14)8-16/h4-7,12,15,17H,3,9-11H2,1-2H3/t12-,15-/m1/s1. The zero-order valence-corrected chi connectivity index (χ0v) is 13.2. The average molecular weight is 307 g/mol. The number of hydrogen-bond donors (Lipinski definition) is 1. The summed E-state index contributed by atoms with van der Waals surface area (Å²) in [4.78, 5) is 2.24. The van der Waals surface area contributed by atoms with Gasteiger partial charge in [0, 0.05) is 19.1 Å². The van der Waals surface area contributed by atoms with Gasteiger partial charge in [0.05, 0.1) is 17.4 Å². The number of sulfonamides is 1. The van der Waals surface area contributed by atoms with Crippen molar-refractivity contribution in [2.24, 2.45) is 5.92 Å². The highest BCUT2D eigenvalue weighted by Gasteiger charge is 2.31. The molecule has 0 aliphatic carbocycles. The molecule has 1 aliphatic rings. The monoisotopic (exact) mass is 307 g/mol. The lowest BCUT2D eigenvalue weighted by Crippen LogP contribution is -2.40. The molecule has 1 aromatic carbocycles. The topological polar surface area (TPSA) is 73.2 Å². The third-order valence-electron chi connectivity index (χ3n) is 3.88. The Kier molecular flexibility index (Phi) is 4.99. The van der Waals surface area contributed by atoms with E-state index in [0.29, 0.717) is 17.0 Å². The molecule has 1 aliphatic heterocycles. The summed E-state index contributed by atoms with van der Waals surface area (Å²) >= 11 is 0. The predicted molar refractivity (Wildman–Crippen MR) is 82.0 cm³/mol. The van der Waals surface area contributed by atoms with E-state index in [1.165, 1.54) is 0 Å². The van der Waals surface area contributed by atoms with Gasteiger partial charge in [0.25, 0.3) is 0 Å². The molecule has 5 nitrogen and oxygen atoms in total. The molecule has 0 unspecified atom stereocenters. The minimum absolute atomic E-state index is 0.0332. The minimum atomic E-state index is -3.39. The predicted octanol–water partition coefficient (Wildman–Crippen LogP) is 1.32. The number of likely N-dealkylation sites (N-methyl/N-ethyl adjacent to an activating group) is 1. The van der Waals surface area contributed by atoms with Gasteiger partial charge in [0.15, 0.2) is 0 Å². The van der Waals surface area contributed by atoms with Gasteiger partial charge in [-0.2, -0.15) is 5.26 Å². The Morgan fingerprint density at radius 3 is 2.81 bits per heavy atom. The summed E-state index contributed by atoms with van der Waals surface area (Å²) in [5.41, 5.74) is 1.12. The molecule has 21 heavy (non-hydrogen) atoms. The van der Waals surface area contributed by atoms with Crippen molar-refractivity contribution < 1.29 is 8.42 Å². The first-order valence-corrected chi connectivity index (χ1v) is 8.80. The average Bonchev–Trinajstić information content (AvgIpc) is 2.78. The number of rotatable bonds is 5. The maximum absolute atomic E-state index is 12.3. The third kappa shape index (κ3) is 4.27. The van der Waals surface area contributed by atoms with Gasteiger partial charge >= 0.3 is 0 Å². The van der Waals surface area contributed by atoms with Crippen molar-refractivity contribution in [2.75, 3.05) is 19.6 Å². The maximum atomic E-state index is 12.3. The molecule has 0 saturated carbocycles. The molecule has 1 fully saturated rings. The van der Waals surface area contributed by atoms with Gasteiger partial charge in [-0.15, -0.1) is 0 Å². The first-order valence-electron chi connectivity index (χ1n) is 7.15. The van der Waals surface area contributed by atoms with Crippen LogP contribution in [-0.4, -0.2) is 39.0 Å². The van der Waals surface area contributed by atoms with Crippen LogP contribution in [0.2, 0.25) is 0 Å². The first kappa shape index (κ1) is 16.0. The summed E-state index contributed by atoms with van der Waals surface area (Å²) in [5.74, 6) is 0.225. The van der Waals surface area contributed by atoms with E-state index in [-0.39, 0.29) is 11.8 Å². The summed E-state index contributed by atoms with van der Waals surface area (Å²) < 4.78 is 27.4. The lowest BCUT2D eigenvalue weighted by Gasteiger charge is -2.17. The number of hydrogen-bond acceptors (Lipinski definition) is 4. The van der Waals surface area contributed by atoms with E-state index in [9.17, 15) is 8.42 Å². The Bertz CT molecular complexity index is 637. The Balaban J connectivity index is 2.04. The summed E-state index contributed by atoms with van der Waals surface area (Å²) in [7, 11) is -3.39. The zero-order chi connectivity index (χ0) is 15.5. The smallest absolute Gasteiger partial charge is 0.216 e. The van der Waals surface area contributed by atoms with Crippen molar-refractivity contribution in [1.29, 1.82) is 5.26 Å². The molecule has 114 valence electrons. The van der Waals surface area contributed by atoms with Crippen molar-refractivity contribution in [3.63, 3.8) is 0 Å². The van der Waals surface area contributed by atoms with Crippen LogP contribution in [0.3, 0.4) is 0 Å². The van der Waals surface area contributed by atoms with Crippen LogP contribution in [0.1, 0.15) is 25.0 Å². The molecule has 1 aromatic rings. The molecule has 2 rings (SSSR count). The van der Waals surface area contributed by atoms with E-state index >= 15 is 0 Å². The van der Waals surface area contributed by atoms with E-state index < -0.39 is 10.0 Å². The molecule has 0 spiro atoms. The zero-order valence-electron chi connectivity index (χ0n) is 12.4. The maximum Gasteiger partial charge on any atom is 0.216 e. The van der Waals surface area contributed by atoms with Crippen LogP contribution in [0.4, 0.5) is 0 Å². The summed E-state index contributed by atoms with van der Waals surface area (Å²) in [5, 5.41) is 8.86. The number of nitrogens with zero attached hydrogens (tertiary/aromatic N) is 2. The first-order chi connectivity index (χ1) is 9.93. The van der Waals surface area contributed by atoms with Crippen LogP contribution in [0.15, 0.2) is 24.3 Å². The van der Waals surface area contributed by atoms with Crippen LogP contribution >= 0.6 is 0 Å². The van der Waals surface area contributed by atoms with Crippen LogP contribution < -0.4 is 4.72 Å². The molecule has 0 amide bonds. The van der Waals surface area contributed by atoms with Crippen molar-refractivity contribution in [3.8, 4) is 6.07 Å². The fourth-order valence-corrected chi connectivity index (χ4v) is 4.17. The normalized spacial score (nSPS) is 23.1. The van der Waals surface area contributed by atoms with E-state index in [2.05, 4.69) is 23.5 Å². The Hall–Kier alpha value is -1.42. The van der Waals surface area contributed by atoms with E-state index in [0.717, 1.165) is 19.6 Å². The van der Waals surface area contributed by atoms with Gasteiger partial charge in [-0.05, 0) is 30.2 Å². The fraction of sp³-hybridized carbons (Fsp3) is 0.533. The van der Waals surface area contributed by atoms with Gasteiger partial charge in [-0.1, -0.05) is 26.0 Å². The van der Waals surface area contributed by atoms with Crippen molar-refractivity contribution in [2.45, 2.75) is 25.6 Å². The Morgan fingerprint density at radius 1 is 1.43 bits per heavy atom. The van der Waals surface area contributed by atoms with Gasteiger partial charge < -0.3 is 4.90 Å². The van der Waals surface area contributed by atoms with Gasteiger partial charge in [-0.25, -0.2) is 13.1 Å². The lowest BCUT2D eigenvalue weighted by atomic mass is 10.1. The second-order valence-corrected chi connectivity index (χ2v) is 7.38. The van der Waals surface area contributed by atoms with Crippen LogP contribution in [0, 0.1) is 17.2 Å². The fourth-order valence-electron chi connectivity index (χ4n) is 2.70. The van der Waals surface area contributed by atoms with Crippen molar-refractivity contribution >= 4 is 10.0 Å². The number of nitriles is 1. The minimum Gasteiger partial charge on any atom is -0.302 e. The molecule has 0 aromatic heterocycles. The quantitative estimate of drug-likeness (QED) is 0.890. The highest BCUT2D eigenvalue weighted by molar-refractivity contribution is 7.88. The molecule has 0 bridgehead atoms. The Morgan fingerprint density at radius 2 is 2.19 bits per heavy atom. The second kappa shape index (κ2) is 6.56. The number of nitrogens with one attached hydrogen (secondary N) is 1. The molecule has 2 atom stereocenters. The lowest BCUT2D eigenvalue weighted by molar-refractivity contribution is 0.344. The Labute approximate surface area is 126 Å². The van der Waals surface area contributed by atoms with Crippen molar-refractivity contribution in [1.82, 2.24) is 9.62 Å². The summed E-state index contributed by atoms with van der Waals surface area (Å²) in [6.07, 6.45) is 0. The number of benzene rings is 1. The van der Waals surface area contributed by atoms with Crippen molar-refractivity contribution in [3.05, 3.63) is 35.4 Å². The van der Waals surface area contributed by atoms with Gasteiger partial charge in [0.1, 0.15) is 0 Å². The molecular formula is C15H21N3O2S. The van der Waals surface area contributed by atoms with Crippen LogP contribution in [-0.2, 0) is 15.8 Å². The highest BCUT2D eigenvalue weighted by Crippen LogP contribution is 2.17. The summed E-state index contributed by atoms with van der Waals surface area (Å²) in [6, 6.07) is 8.72. The third-order valence-corrected chi connectivity index (χ3v) is 5.25. The summed E-state index contributed by atoms with van der Waals surface area (Å²) in [6.45, 7) is 6.77. The van der Waals surface area contributed by atoms with E-state index in [1.807, 2.05) is 6.07 Å². The van der Waals surface area contributed by atoms with Crippen LogP contribution in [0.25, 0.3) is 0 Å². The molecular weight excluding hydrogens is 286 g/mol. The number of likely N-dealkylation sites (tertiary alicyclic amines) is 1. The van der Waals surface area contributed by atoms with E-state index in [4.69, 9.17) is 5.26 Å². The largest absolute Gasteiger partial charge is 0.302 e. The molecule has 0 radical (unpaired) electrons. The molecule has 1 N–H and O–H groups in total. The molecule has 1 heterocycles. The van der Waals surface area contributed by atoms with E-state index in [1.54, 1.807) is 24.3 Å². The van der Waals surface area contributed by atoms with Gasteiger partial charge in [0.2, 0.25) is 10.0 Å². The second-order valence-electron chi connectivity index (χ2n) is 5.63. The SMILES string of the molecule is CCN1C[C@@H](C)[C@H](NS(=O)(=O)Cc2cccc(C#N)c2)C1. The van der Waals surface area contributed by atoms with Crippen LogP contribution in [0.5, 0.6) is 0 Å². The van der Waals surface area contributed by atoms with Gasteiger partial charge in [-0.3, -0.25) is 0 Å². The molecule has 1 saturated heterocycles. The molecule has 6 heteroatoms.